The number of rotatable bonds is 9. The molecule has 0 radical (unpaired) electrons. The van der Waals surface area contributed by atoms with E-state index in [-0.39, 0.29) is 12.0 Å². The van der Waals surface area contributed by atoms with Crippen molar-refractivity contribution >= 4 is 5.91 Å². The molecule has 1 aromatic heterocycles. The van der Waals surface area contributed by atoms with Gasteiger partial charge in [-0.25, -0.2) is 0 Å². The van der Waals surface area contributed by atoms with Crippen LogP contribution in [0.2, 0.25) is 0 Å². The summed E-state index contributed by atoms with van der Waals surface area (Å²) >= 11 is 0. The molecule has 2 aromatic rings. The van der Waals surface area contributed by atoms with E-state index in [1.54, 1.807) is 7.11 Å². The van der Waals surface area contributed by atoms with Crippen LogP contribution in [-0.4, -0.2) is 67.1 Å². The van der Waals surface area contributed by atoms with E-state index in [0.717, 1.165) is 75.6 Å². The number of likely N-dealkylation sites (tertiary alicyclic amines) is 1. The monoisotopic (exact) mass is 443 g/mol. The first-order chi connectivity index (χ1) is 15.7. The number of carbonyl (C=O) groups is 1. The Balaban J connectivity index is 1.13. The van der Waals surface area contributed by atoms with Gasteiger partial charge in [-0.3, -0.25) is 4.79 Å². The van der Waals surface area contributed by atoms with Crippen molar-refractivity contribution in [3.63, 3.8) is 0 Å². The van der Waals surface area contributed by atoms with Gasteiger partial charge >= 0.3 is 0 Å². The lowest BCUT2D eigenvalue weighted by molar-refractivity contribution is -0.133. The van der Waals surface area contributed by atoms with Gasteiger partial charge < -0.3 is 23.6 Å². The van der Waals surface area contributed by atoms with Crippen LogP contribution in [0, 0.1) is 0 Å². The summed E-state index contributed by atoms with van der Waals surface area (Å²) in [5.41, 5.74) is 1.12. The Morgan fingerprint density at radius 3 is 2.75 bits per heavy atom. The third-order valence-electron chi connectivity index (χ3n) is 6.29. The zero-order chi connectivity index (χ0) is 22.2. The van der Waals surface area contributed by atoms with Gasteiger partial charge in [0, 0.05) is 45.1 Å². The first-order valence-corrected chi connectivity index (χ1v) is 11.6. The van der Waals surface area contributed by atoms with Crippen LogP contribution < -0.4 is 4.74 Å². The van der Waals surface area contributed by atoms with E-state index in [1.807, 2.05) is 29.2 Å². The zero-order valence-electron chi connectivity index (χ0n) is 18.8. The lowest BCUT2D eigenvalue weighted by Gasteiger charge is -2.32. The number of hydrogen-bond acceptors (Lipinski definition) is 7. The predicted octanol–water partition coefficient (Wildman–Crippen LogP) is 3.16. The Kier molecular flexibility index (Phi) is 8.12. The molecule has 2 aliphatic heterocycles. The fraction of sp³-hybridized carbons (Fsp3) is 0.625. The molecule has 0 N–H and O–H groups in total. The summed E-state index contributed by atoms with van der Waals surface area (Å²) in [4.78, 5) is 19.1. The molecule has 0 atom stereocenters. The van der Waals surface area contributed by atoms with Crippen LogP contribution in [0.15, 0.2) is 28.8 Å². The van der Waals surface area contributed by atoms with Crippen LogP contribution >= 0.6 is 0 Å². The van der Waals surface area contributed by atoms with Crippen LogP contribution in [0.25, 0.3) is 0 Å². The Bertz CT molecular complexity index is 857. The zero-order valence-corrected chi connectivity index (χ0v) is 18.8. The number of carbonyl (C=O) groups excluding carboxylic acids is 1. The number of aromatic nitrogens is 2. The summed E-state index contributed by atoms with van der Waals surface area (Å²) < 4.78 is 22.1. The Morgan fingerprint density at radius 1 is 1.16 bits per heavy atom. The van der Waals surface area contributed by atoms with Crippen molar-refractivity contribution in [1.82, 2.24) is 15.0 Å². The van der Waals surface area contributed by atoms with Crippen molar-refractivity contribution in [1.29, 1.82) is 0 Å². The number of ether oxygens (including phenoxy) is 3. The van der Waals surface area contributed by atoms with Crippen molar-refractivity contribution in [2.24, 2.45) is 0 Å². The number of methoxy groups -OCH3 is 1. The summed E-state index contributed by atoms with van der Waals surface area (Å²) in [6.07, 6.45) is 5.68. The summed E-state index contributed by atoms with van der Waals surface area (Å²) in [6, 6.07) is 7.90. The summed E-state index contributed by atoms with van der Waals surface area (Å²) in [5.74, 6) is 2.78. The minimum Gasteiger partial charge on any atom is -0.497 e. The second-order valence-electron chi connectivity index (χ2n) is 8.49. The van der Waals surface area contributed by atoms with Gasteiger partial charge in [-0.05, 0) is 49.8 Å². The number of aryl methyl sites for hydroxylation is 1. The quantitative estimate of drug-likeness (QED) is 0.588. The van der Waals surface area contributed by atoms with Crippen LogP contribution in [0.5, 0.6) is 5.75 Å². The van der Waals surface area contributed by atoms with Gasteiger partial charge in [0.2, 0.25) is 11.8 Å². The molecule has 4 rings (SSSR count). The van der Waals surface area contributed by atoms with Crippen LogP contribution in [0.4, 0.5) is 0 Å². The van der Waals surface area contributed by atoms with E-state index in [2.05, 4.69) is 10.1 Å². The fourth-order valence-electron chi connectivity index (χ4n) is 4.31. The predicted molar refractivity (Wildman–Crippen MR) is 118 cm³/mol. The second-order valence-corrected chi connectivity index (χ2v) is 8.49. The molecule has 1 aromatic carbocycles. The van der Waals surface area contributed by atoms with Crippen LogP contribution in [0.3, 0.4) is 0 Å². The Hall–Kier alpha value is -2.45. The normalized spacial score (nSPS) is 18.1. The van der Waals surface area contributed by atoms with Crippen LogP contribution in [0.1, 0.15) is 55.3 Å². The first kappa shape index (κ1) is 22.7. The average molecular weight is 444 g/mol. The molecule has 0 unspecified atom stereocenters. The largest absolute Gasteiger partial charge is 0.497 e. The van der Waals surface area contributed by atoms with E-state index in [4.69, 9.17) is 18.7 Å². The van der Waals surface area contributed by atoms with Crippen molar-refractivity contribution in [2.75, 3.05) is 40.0 Å². The molecule has 1 amide bonds. The molecule has 174 valence electrons. The highest BCUT2D eigenvalue weighted by Crippen LogP contribution is 2.25. The maximum Gasteiger partial charge on any atom is 0.229 e. The lowest BCUT2D eigenvalue weighted by atomic mass is 10.0. The molecule has 0 aliphatic carbocycles. The number of benzene rings is 1. The highest BCUT2D eigenvalue weighted by Gasteiger charge is 2.24. The highest BCUT2D eigenvalue weighted by molar-refractivity contribution is 5.76. The van der Waals surface area contributed by atoms with Crippen molar-refractivity contribution in [3.05, 3.63) is 41.5 Å². The van der Waals surface area contributed by atoms with E-state index in [0.29, 0.717) is 31.2 Å². The maximum absolute atomic E-state index is 12.6. The van der Waals surface area contributed by atoms with Crippen LogP contribution in [-0.2, 0) is 27.1 Å². The van der Waals surface area contributed by atoms with Gasteiger partial charge in [-0.1, -0.05) is 17.3 Å². The smallest absolute Gasteiger partial charge is 0.229 e. The molecular formula is C24H33N3O5. The Labute approximate surface area is 189 Å². The average Bonchev–Trinajstić information content (AvgIpc) is 3.33. The van der Waals surface area contributed by atoms with Crippen molar-refractivity contribution in [3.8, 4) is 5.75 Å². The molecular weight excluding hydrogens is 410 g/mol. The molecule has 0 saturated carbocycles. The standard InChI is InChI=1S/C24H33N3O5/c1-29-21-4-2-3-18(17-21)5-6-23(28)27-12-7-20(8-13-27)31-16-11-22-25-24(32-26-22)19-9-14-30-15-10-19/h2-4,17,19-20H,5-16H2,1H3. The minimum atomic E-state index is 0.180. The maximum atomic E-state index is 12.6. The number of nitrogens with zero attached hydrogens (tertiary/aromatic N) is 3. The van der Waals surface area contributed by atoms with Gasteiger partial charge in [0.15, 0.2) is 5.82 Å². The number of piperidine rings is 1. The van der Waals surface area contributed by atoms with E-state index >= 15 is 0 Å². The molecule has 32 heavy (non-hydrogen) atoms. The summed E-state index contributed by atoms with van der Waals surface area (Å²) in [6.45, 7) is 3.58. The minimum absolute atomic E-state index is 0.180. The third-order valence-corrected chi connectivity index (χ3v) is 6.29. The molecule has 3 heterocycles. The van der Waals surface area contributed by atoms with E-state index in [9.17, 15) is 4.79 Å². The lowest BCUT2D eigenvalue weighted by Crippen LogP contribution is -2.41. The highest BCUT2D eigenvalue weighted by atomic mass is 16.5. The third kappa shape index (κ3) is 6.29. The molecule has 8 heteroatoms. The van der Waals surface area contributed by atoms with Gasteiger partial charge in [-0.2, -0.15) is 4.98 Å². The number of amides is 1. The Morgan fingerprint density at radius 2 is 1.97 bits per heavy atom. The molecule has 2 saturated heterocycles. The van der Waals surface area contributed by atoms with Gasteiger partial charge in [-0.15, -0.1) is 0 Å². The molecule has 8 nitrogen and oxygen atoms in total. The van der Waals surface area contributed by atoms with Gasteiger partial charge in [0.25, 0.3) is 0 Å². The molecule has 0 spiro atoms. The fourth-order valence-corrected chi connectivity index (χ4v) is 4.31. The van der Waals surface area contributed by atoms with E-state index in [1.165, 1.54) is 0 Å². The molecule has 2 aliphatic rings. The van der Waals surface area contributed by atoms with Crippen molar-refractivity contribution in [2.45, 2.75) is 57.0 Å². The van der Waals surface area contributed by atoms with Gasteiger partial charge in [0.05, 0.1) is 19.8 Å². The summed E-state index contributed by atoms with van der Waals surface area (Å²) in [7, 11) is 1.66. The first-order valence-electron chi connectivity index (χ1n) is 11.6. The number of hydrogen-bond donors (Lipinski definition) is 0. The topological polar surface area (TPSA) is 86.9 Å². The van der Waals surface area contributed by atoms with Crippen molar-refractivity contribution < 1.29 is 23.5 Å². The summed E-state index contributed by atoms with van der Waals surface area (Å²) in [5, 5.41) is 4.10. The second kappa shape index (κ2) is 11.4. The molecule has 2 fully saturated rings. The molecule has 0 bridgehead atoms. The SMILES string of the molecule is COc1cccc(CCC(=O)N2CCC(OCCc3noc(C4CCOCC4)n3)CC2)c1. The van der Waals surface area contributed by atoms with Gasteiger partial charge in [0.1, 0.15) is 5.75 Å². The van der Waals surface area contributed by atoms with E-state index < -0.39 is 0 Å².